The predicted molar refractivity (Wildman–Crippen MR) is 150 cm³/mol. The summed E-state index contributed by atoms with van der Waals surface area (Å²) in [5.74, 6) is -0.407. The van der Waals surface area contributed by atoms with Gasteiger partial charge in [0.15, 0.2) is 0 Å². The molecule has 0 aromatic heterocycles. The molecule has 0 spiro atoms. The first-order chi connectivity index (χ1) is 19.6. The van der Waals surface area contributed by atoms with Crippen LogP contribution in [0.25, 0.3) is 0 Å². The van der Waals surface area contributed by atoms with Crippen LogP contribution in [0.3, 0.4) is 0 Å². The standard InChI is InChI=1S/C29H23ClF3N3O4S/c30-26-16-15-23(17-25(26)29(31,32)33)36(41(38,39)24-12-5-2-6-13-24)19-28(37)35-34-18-22-11-7-8-14-27(22)40-20-21-9-3-1-4-10-21/h1-18H,19-20H2,(H,35,37)/b34-18+. The summed E-state index contributed by atoms with van der Waals surface area (Å²) in [4.78, 5) is 12.6. The van der Waals surface area contributed by atoms with Gasteiger partial charge in [-0.15, -0.1) is 0 Å². The van der Waals surface area contributed by atoms with Crippen LogP contribution in [0.15, 0.2) is 113 Å². The lowest BCUT2D eigenvalue weighted by Gasteiger charge is -2.24. The Bertz CT molecular complexity index is 1630. The molecule has 0 saturated carbocycles. The van der Waals surface area contributed by atoms with E-state index < -0.39 is 44.9 Å². The Morgan fingerprint density at radius 1 is 0.927 bits per heavy atom. The molecular weight excluding hydrogens is 579 g/mol. The number of benzene rings is 4. The number of nitrogens with zero attached hydrogens (tertiary/aromatic N) is 2. The maximum atomic E-state index is 13.5. The van der Waals surface area contributed by atoms with Crippen LogP contribution in [0.2, 0.25) is 5.02 Å². The molecule has 0 unspecified atom stereocenters. The van der Waals surface area contributed by atoms with Gasteiger partial charge in [0.2, 0.25) is 0 Å². The first kappa shape index (κ1) is 29.6. The summed E-state index contributed by atoms with van der Waals surface area (Å²) in [6.07, 6.45) is -3.53. The van der Waals surface area contributed by atoms with E-state index in [1.807, 2.05) is 30.3 Å². The van der Waals surface area contributed by atoms with Gasteiger partial charge in [-0.2, -0.15) is 18.3 Å². The van der Waals surface area contributed by atoms with Crippen molar-refractivity contribution in [3.05, 3.63) is 125 Å². The molecule has 4 rings (SSSR count). The lowest BCUT2D eigenvalue weighted by molar-refractivity contribution is -0.137. The van der Waals surface area contributed by atoms with E-state index in [2.05, 4.69) is 10.5 Å². The molecule has 0 fully saturated rings. The minimum absolute atomic E-state index is 0.218. The van der Waals surface area contributed by atoms with Crippen molar-refractivity contribution in [1.82, 2.24) is 5.43 Å². The summed E-state index contributed by atoms with van der Waals surface area (Å²) in [5.41, 5.74) is 2.07. The lowest BCUT2D eigenvalue weighted by Crippen LogP contribution is -2.39. The molecular formula is C29H23ClF3N3O4S. The predicted octanol–water partition coefficient (Wildman–Crippen LogP) is 6.28. The van der Waals surface area contributed by atoms with Crippen molar-refractivity contribution >= 4 is 39.4 Å². The number of alkyl halides is 3. The van der Waals surface area contributed by atoms with Gasteiger partial charge < -0.3 is 4.74 Å². The average Bonchev–Trinajstić information content (AvgIpc) is 2.96. The number of anilines is 1. The first-order valence-corrected chi connectivity index (χ1v) is 13.9. The van der Waals surface area contributed by atoms with Crippen molar-refractivity contribution in [2.75, 3.05) is 10.8 Å². The number of hydrogen-bond acceptors (Lipinski definition) is 5. The summed E-state index contributed by atoms with van der Waals surface area (Å²) < 4.78 is 73.8. The fourth-order valence-electron chi connectivity index (χ4n) is 3.71. The molecule has 0 aliphatic heterocycles. The Labute approximate surface area is 239 Å². The van der Waals surface area contributed by atoms with E-state index in [-0.39, 0.29) is 4.90 Å². The molecule has 0 radical (unpaired) electrons. The highest BCUT2D eigenvalue weighted by Crippen LogP contribution is 2.38. The number of rotatable bonds is 10. The monoisotopic (exact) mass is 601 g/mol. The van der Waals surface area contributed by atoms with E-state index in [1.54, 1.807) is 30.3 Å². The molecule has 4 aromatic carbocycles. The molecule has 12 heteroatoms. The molecule has 0 atom stereocenters. The molecule has 41 heavy (non-hydrogen) atoms. The third-order valence-corrected chi connectivity index (χ3v) is 7.83. The zero-order chi connectivity index (χ0) is 29.5. The van der Waals surface area contributed by atoms with E-state index in [4.69, 9.17) is 16.3 Å². The van der Waals surface area contributed by atoms with E-state index in [0.717, 1.165) is 17.7 Å². The van der Waals surface area contributed by atoms with Gasteiger partial charge in [0.25, 0.3) is 15.9 Å². The number of hydrazone groups is 1. The fourth-order valence-corrected chi connectivity index (χ4v) is 5.37. The Balaban J connectivity index is 1.55. The topological polar surface area (TPSA) is 88.1 Å². The highest BCUT2D eigenvalue weighted by atomic mass is 35.5. The van der Waals surface area contributed by atoms with Gasteiger partial charge in [-0.25, -0.2) is 13.8 Å². The van der Waals surface area contributed by atoms with Crippen LogP contribution < -0.4 is 14.5 Å². The van der Waals surface area contributed by atoms with Gasteiger partial charge in [-0.05, 0) is 48.0 Å². The Morgan fingerprint density at radius 3 is 2.24 bits per heavy atom. The molecule has 1 N–H and O–H groups in total. The quantitative estimate of drug-likeness (QED) is 0.171. The van der Waals surface area contributed by atoms with E-state index in [9.17, 15) is 26.4 Å². The Hall–Kier alpha value is -4.35. The van der Waals surface area contributed by atoms with Crippen LogP contribution in [0, 0.1) is 0 Å². The van der Waals surface area contributed by atoms with Crippen LogP contribution >= 0.6 is 11.6 Å². The van der Waals surface area contributed by atoms with E-state index in [0.29, 0.717) is 28.3 Å². The van der Waals surface area contributed by atoms with E-state index >= 15 is 0 Å². The number of hydrogen-bond donors (Lipinski definition) is 1. The number of ether oxygens (including phenoxy) is 1. The highest BCUT2D eigenvalue weighted by Gasteiger charge is 2.35. The summed E-state index contributed by atoms with van der Waals surface area (Å²) in [5, 5.41) is 3.29. The molecule has 0 saturated heterocycles. The molecule has 212 valence electrons. The normalized spacial score (nSPS) is 11.8. The summed E-state index contributed by atoms with van der Waals surface area (Å²) >= 11 is 5.72. The number of carbonyl (C=O) groups is 1. The smallest absolute Gasteiger partial charge is 0.417 e. The Morgan fingerprint density at radius 2 is 1.56 bits per heavy atom. The van der Waals surface area contributed by atoms with Crippen molar-refractivity contribution in [2.24, 2.45) is 5.10 Å². The number of halogens is 4. The van der Waals surface area contributed by atoms with Crippen molar-refractivity contribution < 1.29 is 31.1 Å². The average molecular weight is 602 g/mol. The number of sulfonamides is 1. The number of para-hydroxylation sites is 1. The fraction of sp³-hybridized carbons (Fsp3) is 0.103. The lowest BCUT2D eigenvalue weighted by atomic mass is 10.2. The molecule has 0 aliphatic rings. The van der Waals surface area contributed by atoms with Crippen LogP contribution in [-0.2, 0) is 27.6 Å². The number of carbonyl (C=O) groups excluding carboxylic acids is 1. The molecule has 0 aliphatic carbocycles. The van der Waals surface area contributed by atoms with Crippen molar-refractivity contribution in [2.45, 2.75) is 17.7 Å². The summed E-state index contributed by atoms with van der Waals surface area (Å²) in [6, 6.07) is 26.0. The summed E-state index contributed by atoms with van der Waals surface area (Å²) in [6.45, 7) is -0.564. The largest absolute Gasteiger partial charge is 0.488 e. The van der Waals surface area contributed by atoms with Crippen LogP contribution in [0.4, 0.5) is 18.9 Å². The third kappa shape index (κ3) is 7.65. The SMILES string of the molecule is O=C(CN(c1ccc(Cl)c(C(F)(F)F)c1)S(=O)(=O)c1ccccc1)N/N=C/c1ccccc1OCc1ccccc1. The number of nitrogens with one attached hydrogen (secondary N) is 1. The second kappa shape index (κ2) is 12.9. The summed E-state index contributed by atoms with van der Waals surface area (Å²) in [7, 11) is -4.45. The number of amides is 1. The van der Waals surface area contributed by atoms with Crippen LogP contribution in [0.1, 0.15) is 16.7 Å². The van der Waals surface area contributed by atoms with Gasteiger partial charge in [0.1, 0.15) is 18.9 Å². The second-order valence-corrected chi connectivity index (χ2v) is 10.9. The third-order valence-electron chi connectivity index (χ3n) is 5.71. The molecule has 4 aromatic rings. The van der Waals surface area contributed by atoms with Gasteiger partial charge in [-0.3, -0.25) is 9.10 Å². The molecule has 0 bridgehead atoms. The zero-order valence-corrected chi connectivity index (χ0v) is 22.8. The first-order valence-electron chi connectivity index (χ1n) is 12.1. The van der Waals surface area contributed by atoms with Gasteiger partial charge in [-0.1, -0.05) is 72.3 Å². The minimum atomic E-state index is -4.85. The molecule has 7 nitrogen and oxygen atoms in total. The second-order valence-electron chi connectivity index (χ2n) is 8.59. The van der Waals surface area contributed by atoms with Crippen molar-refractivity contribution in [3.8, 4) is 5.75 Å². The van der Waals surface area contributed by atoms with Crippen LogP contribution in [-0.4, -0.2) is 27.1 Å². The van der Waals surface area contributed by atoms with Gasteiger partial charge >= 0.3 is 6.18 Å². The van der Waals surface area contributed by atoms with E-state index in [1.165, 1.54) is 30.5 Å². The Kier molecular flexibility index (Phi) is 9.31. The maximum Gasteiger partial charge on any atom is 0.417 e. The van der Waals surface area contributed by atoms with Crippen LogP contribution in [0.5, 0.6) is 5.75 Å². The molecule has 0 heterocycles. The molecule has 1 amide bonds. The van der Waals surface area contributed by atoms with Gasteiger partial charge in [0.05, 0.1) is 27.4 Å². The highest BCUT2D eigenvalue weighted by molar-refractivity contribution is 7.92. The zero-order valence-electron chi connectivity index (χ0n) is 21.3. The van der Waals surface area contributed by atoms with Crippen molar-refractivity contribution in [1.29, 1.82) is 0 Å². The minimum Gasteiger partial charge on any atom is -0.488 e. The van der Waals surface area contributed by atoms with Crippen molar-refractivity contribution in [3.63, 3.8) is 0 Å². The van der Waals surface area contributed by atoms with Gasteiger partial charge in [0, 0.05) is 5.56 Å². The maximum absolute atomic E-state index is 13.5.